The van der Waals surface area contributed by atoms with Gasteiger partial charge in [0.05, 0.1) is 0 Å². The van der Waals surface area contributed by atoms with Crippen LogP contribution in [0, 0.1) is 5.95 Å². The smallest absolute Gasteiger partial charge is 0.245 e. The van der Waals surface area contributed by atoms with Crippen molar-refractivity contribution in [2.24, 2.45) is 0 Å². The second-order valence-corrected chi connectivity index (χ2v) is 10.7. The minimum atomic E-state index is -0.553. The van der Waals surface area contributed by atoms with Crippen LogP contribution >= 0.6 is 0 Å². The van der Waals surface area contributed by atoms with E-state index >= 15 is 0 Å². The average Bonchev–Trinajstić information content (AvgIpc) is 3.73. The van der Waals surface area contributed by atoms with E-state index in [0.717, 1.165) is 61.4 Å². The fourth-order valence-electron chi connectivity index (χ4n) is 6.13. The number of benzene rings is 2. The third-order valence-electron chi connectivity index (χ3n) is 8.19. The van der Waals surface area contributed by atoms with Crippen molar-refractivity contribution in [3.63, 3.8) is 0 Å². The minimum Gasteiger partial charge on any atom is -0.339 e. The molecule has 2 aliphatic rings. The topological polar surface area (TPSA) is 80.9 Å². The van der Waals surface area contributed by atoms with Gasteiger partial charge >= 0.3 is 0 Å². The molecule has 2 aromatic carbocycles. The summed E-state index contributed by atoms with van der Waals surface area (Å²) in [6.07, 6.45) is 6.87. The molecule has 8 nitrogen and oxygen atoms in total. The molecule has 0 spiro atoms. The lowest BCUT2D eigenvalue weighted by Gasteiger charge is -2.33. The maximum atomic E-state index is 13.7. The van der Waals surface area contributed by atoms with Crippen LogP contribution in [0.3, 0.4) is 0 Å². The molecule has 41 heavy (non-hydrogen) atoms. The van der Waals surface area contributed by atoms with Crippen LogP contribution in [-0.2, 0) is 11.2 Å². The third kappa shape index (κ3) is 4.72. The highest BCUT2D eigenvalue weighted by Crippen LogP contribution is 2.36. The fourth-order valence-corrected chi connectivity index (χ4v) is 6.13. The number of aromatic nitrogens is 5. The van der Waals surface area contributed by atoms with Gasteiger partial charge in [0.15, 0.2) is 11.5 Å². The van der Waals surface area contributed by atoms with Gasteiger partial charge in [-0.05, 0) is 67.2 Å². The highest BCUT2D eigenvalue weighted by Gasteiger charge is 2.28. The molecule has 0 radical (unpaired) electrons. The summed E-state index contributed by atoms with van der Waals surface area (Å²) in [5.41, 5.74) is 6.04. The van der Waals surface area contributed by atoms with Gasteiger partial charge in [-0.15, -0.1) is 5.10 Å². The summed E-state index contributed by atoms with van der Waals surface area (Å²) in [7, 11) is 0. The van der Waals surface area contributed by atoms with Gasteiger partial charge in [-0.1, -0.05) is 43.0 Å². The summed E-state index contributed by atoms with van der Waals surface area (Å²) in [6.45, 7) is 5.14. The van der Waals surface area contributed by atoms with Crippen LogP contribution in [0.5, 0.6) is 0 Å². The first-order chi connectivity index (χ1) is 20.1. The van der Waals surface area contributed by atoms with Crippen molar-refractivity contribution in [2.75, 3.05) is 13.1 Å². The van der Waals surface area contributed by atoms with Gasteiger partial charge in [-0.25, -0.2) is 14.6 Å². The predicted molar refractivity (Wildman–Crippen MR) is 155 cm³/mol. The molecule has 1 N–H and O–H groups in total. The molecule has 9 heteroatoms. The number of fused-ring (bicyclic) bond motifs is 2. The van der Waals surface area contributed by atoms with E-state index in [1.165, 1.54) is 28.0 Å². The van der Waals surface area contributed by atoms with E-state index in [1.807, 2.05) is 41.3 Å². The predicted octanol–water partition coefficient (Wildman–Crippen LogP) is 5.17. The van der Waals surface area contributed by atoms with Crippen LogP contribution < -0.4 is 5.32 Å². The van der Waals surface area contributed by atoms with Gasteiger partial charge in [0.1, 0.15) is 11.3 Å². The molecule has 1 amide bonds. The molecule has 1 saturated heterocycles. The Hall–Kier alpha value is -4.63. The summed E-state index contributed by atoms with van der Waals surface area (Å²) in [5.74, 6) is 0.782. The molecular formula is C32H30FN7O. The molecule has 7 rings (SSSR count). The molecule has 3 aromatic heterocycles. The summed E-state index contributed by atoms with van der Waals surface area (Å²) < 4.78 is 17.2. The number of pyridine rings is 1. The molecule has 1 aliphatic carbocycles. The number of rotatable bonds is 6. The largest absolute Gasteiger partial charge is 0.339 e. The zero-order valence-electron chi connectivity index (χ0n) is 22.6. The maximum absolute atomic E-state index is 13.7. The zero-order chi connectivity index (χ0) is 27.9. The number of likely N-dealkylation sites (tertiary alicyclic amines) is 1. The van der Waals surface area contributed by atoms with Crippen LogP contribution in [0.15, 0.2) is 85.6 Å². The molecule has 206 valence electrons. The lowest BCUT2D eigenvalue weighted by Crippen LogP contribution is -2.45. The summed E-state index contributed by atoms with van der Waals surface area (Å²) >= 11 is 0. The Morgan fingerprint density at radius 1 is 1.00 bits per heavy atom. The summed E-state index contributed by atoms with van der Waals surface area (Å²) in [5, 5.41) is 7.77. The monoisotopic (exact) mass is 547 g/mol. The number of nitrogens with one attached hydrogen (secondary N) is 1. The molecule has 5 aromatic rings. The van der Waals surface area contributed by atoms with Crippen molar-refractivity contribution in [3.05, 3.63) is 103 Å². The van der Waals surface area contributed by atoms with Crippen LogP contribution in [-0.4, -0.2) is 54.3 Å². The highest BCUT2D eigenvalue weighted by atomic mass is 19.1. The van der Waals surface area contributed by atoms with Crippen molar-refractivity contribution < 1.29 is 9.18 Å². The van der Waals surface area contributed by atoms with Crippen LogP contribution in [0.2, 0.25) is 0 Å². The Morgan fingerprint density at radius 3 is 2.59 bits per heavy atom. The highest BCUT2D eigenvalue weighted by molar-refractivity contribution is 5.87. The fraction of sp³-hybridized carbons (Fsp3) is 0.250. The normalized spacial score (nSPS) is 17.2. The molecule has 0 saturated carbocycles. The first-order valence-electron chi connectivity index (χ1n) is 14.0. The van der Waals surface area contributed by atoms with Gasteiger partial charge < -0.3 is 10.2 Å². The molecular weight excluding hydrogens is 517 g/mol. The van der Waals surface area contributed by atoms with Crippen molar-refractivity contribution in [2.45, 2.75) is 37.8 Å². The van der Waals surface area contributed by atoms with Crippen LogP contribution in [0.25, 0.3) is 34.1 Å². The Morgan fingerprint density at radius 2 is 1.83 bits per heavy atom. The summed E-state index contributed by atoms with van der Waals surface area (Å²) in [6, 6.07) is 22.4. The number of hydrogen-bond acceptors (Lipinski definition) is 5. The van der Waals surface area contributed by atoms with Gasteiger partial charge in [-0.2, -0.15) is 4.39 Å². The van der Waals surface area contributed by atoms with Gasteiger partial charge in [0.2, 0.25) is 11.9 Å². The van der Waals surface area contributed by atoms with E-state index in [-0.39, 0.29) is 5.91 Å². The second-order valence-electron chi connectivity index (χ2n) is 10.7. The number of hydrogen-bond donors (Lipinski definition) is 1. The number of amides is 1. The minimum absolute atomic E-state index is 0.0162. The SMILES string of the molecule is C=CC(=O)N1CCC(N[C@H]2CCc3cc(-n4c(-c5ccccc5)nc5ccc(-n6ccc(F)n6)nc54)ccc32)CC1. The zero-order valence-corrected chi connectivity index (χ0v) is 22.6. The summed E-state index contributed by atoms with van der Waals surface area (Å²) in [4.78, 5) is 23.7. The lowest BCUT2D eigenvalue weighted by atomic mass is 10.0. The Bertz CT molecular complexity index is 1750. The van der Waals surface area contributed by atoms with E-state index in [4.69, 9.17) is 9.97 Å². The number of nitrogens with zero attached hydrogens (tertiary/aromatic N) is 6. The first-order valence-corrected chi connectivity index (χ1v) is 14.0. The Kier molecular flexibility index (Phi) is 6.43. The molecule has 1 atom stereocenters. The van der Waals surface area contributed by atoms with E-state index in [9.17, 15) is 9.18 Å². The number of piperidine rings is 1. The van der Waals surface area contributed by atoms with Crippen molar-refractivity contribution in [1.82, 2.24) is 34.5 Å². The number of imidazole rings is 1. The first kappa shape index (κ1) is 25.3. The van der Waals surface area contributed by atoms with E-state index < -0.39 is 5.95 Å². The number of halogens is 1. The van der Waals surface area contributed by atoms with Gasteiger partial charge in [-0.3, -0.25) is 9.36 Å². The lowest BCUT2D eigenvalue weighted by molar-refractivity contribution is -0.127. The Labute approximate surface area is 237 Å². The number of carbonyl (C=O) groups excluding carboxylic acids is 1. The van der Waals surface area contributed by atoms with E-state index in [1.54, 1.807) is 12.3 Å². The molecule has 1 aliphatic heterocycles. The van der Waals surface area contributed by atoms with E-state index in [0.29, 0.717) is 23.5 Å². The number of aryl methyl sites for hydroxylation is 1. The third-order valence-corrected chi connectivity index (χ3v) is 8.19. The molecule has 0 bridgehead atoms. The second kappa shape index (κ2) is 10.4. The van der Waals surface area contributed by atoms with Crippen LogP contribution in [0.1, 0.15) is 36.4 Å². The Balaban J connectivity index is 1.22. The maximum Gasteiger partial charge on any atom is 0.245 e. The molecule has 0 unspecified atom stereocenters. The quantitative estimate of drug-likeness (QED) is 0.297. The van der Waals surface area contributed by atoms with Crippen LogP contribution in [0.4, 0.5) is 4.39 Å². The van der Waals surface area contributed by atoms with E-state index in [2.05, 4.69) is 39.8 Å². The molecule has 1 fully saturated rings. The number of carbonyl (C=O) groups is 1. The molecule has 4 heterocycles. The standard InChI is InChI=1S/C32H30FN7O/c1-2-30(41)38-17-14-23(15-18-38)34-26-11-8-22-20-24(9-10-25(22)26)40-31(21-6-4-3-5-7-21)35-27-12-13-29(36-32(27)40)39-19-16-28(33)37-39/h2-7,9-10,12-13,16,19-20,23,26,34H,1,8,11,14-15,17-18H2/t26-/m0/s1. The van der Waals surface area contributed by atoms with Gasteiger partial charge in [0.25, 0.3) is 0 Å². The van der Waals surface area contributed by atoms with Crippen molar-refractivity contribution in [3.8, 4) is 22.9 Å². The van der Waals surface area contributed by atoms with Gasteiger partial charge in [0, 0.05) is 48.7 Å². The van der Waals surface area contributed by atoms with Crippen molar-refractivity contribution >= 4 is 17.1 Å². The average molecular weight is 548 g/mol. The van der Waals surface area contributed by atoms with Crippen molar-refractivity contribution in [1.29, 1.82) is 0 Å².